The highest BCUT2D eigenvalue weighted by molar-refractivity contribution is 6.46. The van der Waals surface area contributed by atoms with Crippen molar-refractivity contribution in [2.45, 2.75) is 18.9 Å². The lowest BCUT2D eigenvalue weighted by atomic mass is 9.89. The molecule has 1 saturated carbocycles. The average Bonchev–Trinajstić information content (AvgIpc) is 2.03. The van der Waals surface area contributed by atoms with Gasteiger partial charge in [-0.05, 0) is 5.57 Å². The van der Waals surface area contributed by atoms with Crippen LogP contribution >= 0.6 is 0 Å². The van der Waals surface area contributed by atoms with Gasteiger partial charge in [0.25, 0.3) is 0 Å². The van der Waals surface area contributed by atoms with Crippen LogP contribution in [-0.4, -0.2) is 22.7 Å². The van der Waals surface area contributed by atoms with Crippen molar-refractivity contribution in [2.24, 2.45) is 10.3 Å². The van der Waals surface area contributed by atoms with Crippen molar-refractivity contribution in [3.05, 3.63) is 17.1 Å². The Labute approximate surface area is 68.7 Å². The Balaban J connectivity index is 2.84. The van der Waals surface area contributed by atoms with E-state index in [4.69, 9.17) is 5.21 Å². The van der Waals surface area contributed by atoms with Gasteiger partial charge in [-0.1, -0.05) is 16.9 Å². The lowest BCUT2D eigenvalue weighted by Gasteiger charge is -2.16. The maximum absolute atomic E-state index is 11.1. The lowest BCUT2D eigenvalue weighted by Crippen LogP contribution is -2.28. The number of hydrogen-bond donors (Lipinski definition) is 1. The molecule has 0 radical (unpaired) electrons. The summed E-state index contributed by atoms with van der Waals surface area (Å²) in [6.45, 7) is 3.50. The Morgan fingerprint density at radius 3 is 2.58 bits per heavy atom. The van der Waals surface area contributed by atoms with Crippen molar-refractivity contribution in [1.82, 2.24) is 0 Å². The molecule has 5 heteroatoms. The van der Waals surface area contributed by atoms with E-state index in [1.807, 2.05) is 0 Å². The molecule has 0 spiro atoms. The molecule has 0 saturated heterocycles. The molecular formula is C7H8N2O3. The zero-order valence-corrected chi connectivity index (χ0v) is 6.36. The number of oxime groups is 1. The van der Waals surface area contributed by atoms with Crippen LogP contribution in [0.5, 0.6) is 0 Å². The van der Waals surface area contributed by atoms with E-state index in [2.05, 4.69) is 16.9 Å². The van der Waals surface area contributed by atoms with E-state index in [-0.39, 0.29) is 17.9 Å². The summed E-state index contributed by atoms with van der Waals surface area (Å²) in [5.74, 6) is -0.377. The van der Waals surface area contributed by atoms with Gasteiger partial charge in [0.15, 0.2) is 5.78 Å². The molecule has 0 amide bonds. The third-order valence-corrected chi connectivity index (χ3v) is 1.75. The van der Waals surface area contributed by atoms with Crippen molar-refractivity contribution in [2.75, 3.05) is 0 Å². The number of nitroso groups, excluding NO2 is 1. The monoisotopic (exact) mass is 168 g/mol. The van der Waals surface area contributed by atoms with Crippen LogP contribution in [0.15, 0.2) is 22.5 Å². The van der Waals surface area contributed by atoms with Crippen molar-refractivity contribution in [3.8, 4) is 0 Å². The highest BCUT2D eigenvalue weighted by atomic mass is 16.4. The third-order valence-electron chi connectivity index (χ3n) is 1.75. The summed E-state index contributed by atoms with van der Waals surface area (Å²) in [5.41, 5.74) is 0.341. The molecule has 12 heavy (non-hydrogen) atoms. The summed E-state index contributed by atoms with van der Waals surface area (Å²) in [5, 5.41) is 13.9. The first kappa shape index (κ1) is 8.58. The van der Waals surface area contributed by atoms with E-state index in [1.54, 1.807) is 0 Å². The molecule has 0 aromatic carbocycles. The van der Waals surface area contributed by atoms with Crippen molar-refractivity contribution < 1.29 is 10.0 Å². The van der Waals surface area contributed by atoms with E-state index in [9.17, 15) is 9.70 Å². The molecule has 0 aliphatic heterocycles. The first-order valence-electron chi connectivity index (χ1n) is 3.45. The largest absolute Gasteiger partial charge is 0.410 e. The van der Waals surface area contributed by atoms with E-state index >= 15 is 0 Å². The molecule has 5 nitrogen and oxygen atoms in total. The summed E-state index contributed by atoms with van der Waals surface area (Å²) < 4.78 is 0. The quantitative estimate of drug-likeness (QED) is 0.358. The van der Waals surface area contributed by atoms with Gasteiger partial charge in [-0.2, -0.15) is 4.91 Å². The molecular weight excluding hydrogens is 160 g/mol. The highest BCUT2D eigenvalue weighted by Gasteiger charge is 2.28. The second kappa shape index (κ2) is 3.25. The van der Waals surface area contributed by atoms with Crippen LogP contribution in [0.3, 0.4) is 0 Å². The predicted octanol–water partition coefficient (Wildman–Crippen LogP) is 0.871. The Morgan fingerprint density at radius 2 is 2.17 bits per heavy atom. The smallest absolute Gasteiger partial charge is 0.187 e. The summed E-state index contributed by atoms with van der Waals surface area (Å²) in [6, 6.07) is -0.546. The van der Waals surface area contributed by atoms with Crippen molar-refractivity contribution >= 4 is 11.5 Å². The molecule has 0 aromatic heterocycles. The standard InChI is InChI=1S/C7H8N2O3/c1-4-2-5(8-11)3-6(10)7(4)9-12/h5,12H,1-3H2. The molecule has 1 aliphatic carbocycles. The minimum atomic E-state index is -0.546. The summed E-state index contributed by atoms with van der Waals surface area (Å²) in [4.78, 5) is 21.2. The first-order chi connectivity index (χ1) is 5.69. The third kappa shape index (κ3) is 1.39. The normalized spacial score (nSPS) is 27.7. The molecule has 0 bridgehead atoms. The van der Waals surface area contributed by atoms with Gasteiger partial charge in [0.05, 0.1) is 0 Å². The van der Waals surface area contributed by atoms with Crippen LogP contribution in [0.2, 0.25) is 0 Å². The van der Waals surface area contributed by atoms with Gasteiger partial charge in [0.2, 0.25) is 0 Å². The van der Waals surface area contributed by atoms with Gasteiger partial charge < -0.3 is 5.21 Å². The van der Waals surface area contributed by atoms with Gasteiger partial charge in [-0.15, -0.1) is 0 Å². The molecule has 1 atom stereocenters. The molecule has 1 aliphatic rings. The molecule has 1 rings (SSSR count). The molecule has 1 unspecified atom stereocenters. The Morgan fingerprint density at radius 1 is 1.50 bits per heavy atom. The predicted molar refractivity (Wildman–Crippen MR) is 42.2 cm³/mol. The van der Waals surface area contributed by atoms with E-state index < -0.39 is 6.04 Å². The molecule has 64 valence electrons. The van der Waals surface area contributed by atoms with Crippen LogP contribution in [0, 0.1) is 4.91 Å². The molecule has 0 aromatic rings. The van der Waals surface area contributed by atoms with E-state index in [0.717, 1.165) is 0 Å². The number of hydrogen-bond acceptors (Lipinski definition) is 5. The van der Waals surface area contributed by atoms with Gasteiger partial charge in [0.1, 0.15) is 11.8 Å². The fraction of sp³-hybridized carbons (Fsp3) is 0.429. The maximum Gasteiger partial charge on any atom is 0.187 e. The second-order valence-corrected chi connectivity index (χ2v) is 2.64. The highest BCUT2D eigenvalue weighted by Crippen LogP contribution is 2.19. The summed E-state index contributed by atoms with van der Waals surface area (Å²) >= 11 is 0. The summed E-state index contributed by atoms with van der Waals surface area (Å²) in [7, 11) is 0. The number of carbonyl (C=O) groups excluding carboxylic acids is 1. The lowest BCUT2D eigenvalue weighted by molar-refractivity contribution is -0.113. The Bertz CT molecular complexity index is 250. The van der Waals surface area contributed by atoms with Gasteiger partial charge in [0, 0.05) is 12.8 Å². The van der Waals surface area contributed by atoms with Gasteiger partial charge in [-0.25, -0.2) is 0 Å². The Hall–Kier alpha value is -1.52. The number of ketones is 1. The van der Waals surface area contributed by atoms with E-state index in [0.29, 0.717) is 12.0 Å². The number of rotatable bonds is 1. The zero-order chi connectivity index (χ0) is 9.14. The van der Waals surface area contributed by atoms with Gasteiger partial charge in [-0.3, -0.25) is 4.79 Å². The zero-order valence-electron chi connectivity index (χ0n) is 6.36. The maximum atomic E-state index is 11.1. The fourth-order valence-electron chi connectivity index (χ4n) is 1.16. The van der Waals surface area contributed by atoms with Crippen LogP contribution in [0.4, 0.5) is 0 Å². The van der Waals surface area contributed by atoms with Crippen LogP contribution in [-0.2, 0) is 4.79 Å². The summed E-state index contributed by atoms with van der Waals surface area (Å²) in [6.07, 6.45) is 0.316. The Kier molecular flexibility index (Phi) is 2.32. The second-order valence-electron chi connectivity index (χ2n) is 2.64. The number of Topliss-reactive ketones (excluding diaryl/α,β-unsaturated/α-hetero) is 1. The SMILES string of the molecule is C=C1CC(N=O)CC(=O)C1=NO. The van der Waals surface area contributed by atoms with E-state index in [1.165, 1.54) is 0 Å². The minimum absolute atomic E-state index is 0.0158. The van der Waals surface area contributed by atoms with Crippen LogP contribution in [0.1, 0.15) is 12.8 Å². The van der Waals surface area contributed by atoms with Crippen LogP contribution in [0.25, 0.3) is 0 Å². The average molecular weight is 168 g/mol. The van der Waals surface area contributed by atoms with Crippen molar-refractivity contribution in [3.63, 3.8) is 0 Å². The molecule has 0 heterocycles. The first-order valence-corrected chi connectivity index (χ1v) is 3.45. The fourth-order valence-corrected chi connectivity index (χ4v) is 1.16. The molecule has 1 N–H and O–H groups in total. The van der Waals surface area contributed by atoms with Crippen LogP contribution < -0.4 is 0 Å². The van der Waals surface area contributed by atoms with Crippen molar-refractivity contribution in [1.29, 1.82) is 0 Å². The number of nitrogens with zero attached hydrogens (tertiary/aromatic N) is 2. The minimum Gasteiger partial charge on any atom is -0.410 e. The number of carbonyl (C=O) groups is 1. The topological polar surface area (TPSA) is 79.1 Å². The molecule has 1 fully saturated rings. The van der Waals surface area contributed by atoms with Gasteiger partial charge >= 0.3 is 0 Å².